The predicted molar refractivity (Wildman–Crippen MR) is 79.5 cm³/mol. The number of anilines is 1. The first kappa shape index (κ1) is 14.5. The van der Waals surface area contributed by atoms with Crippen LogP contribution in [0.2, 0.25) is 0 Å². The van der Waals surface area contributed by atoms with Crippen LogP contribution in [-0.2, 0) is 6.42 Å². The fourth-order valence-corrected chi connectivity index (χ4v) is 2.35. The van der Waals surface area contributed by atoms with Crippen LogP contribution in [-0.4, -0.2) is 12.9 Å². The number of hydrogen-bond acceptors (Lipinski definition) is 3. The highest BCUT2D eigenvalue weighted by molar-refractivity contribution is 9.10. The summed E-state index contributed by atoms with van der Waals surface area (Å²) in [5.74, 6) is 0.122. The van der Waals surface area contributed by atoms with E-state index in [4.69, 9.17) is 10.5 Å². The maximum atomic E-state index is 13.0. The van der Waals surface area contributed by atoms with Crippen LogP contribution in [0.25, 0.3) is 0 Å². The molecule has 0 aliphatic rings. The molecule has 0 unspecified atom stereocenters. The quantitative estimate of drug-likeness (QED) is 0.685. The molecule has 0 aliphatic heterocycles. The van der Waals surface area contributed by atoms with E-state index in [0.29, 0.717) is 27.0 Å². The van der Waals surface area contributed by atoms with Crippen LogP contribution in [0, 0.1) is 5.82 Å². The summed E-state index contributed by atoms with van der Waals surface area (Å²) in [6.07, 6.45) is 0.150. The zero-order chi connectivity index (χ0) is 14.7. The van der Waals surface area contributed by atoms with E-state index in [1.54, 1.807) is 24.3 Å². The number of Topliss-reactive ketones (excluding diaryl/α,β-unsaturated/α-hetero) is 1. The maximum Gasteiger partial charge on any atom is 0.169 e. The highest BCUT2D eigenvalue weighted by Gasteiger charge is 2.13. The average Bonchev–Trinajstić information content (AvgIpc) is 2.41. The van der Waals surface area contributed by atoms with Crippen molar-refractivity contribution < 1.29 is 13.9 Å². The van der Waals surface area contributed by atoms with Gasteiger partial charge in [0.05, 0.1) is 7.11 Å². The minimum atomic E-state index is -0.350. The van der Waals surface area contributed by atoms with Crippen molar-refractivity contribution in [2.75, 3.05) is 12.8 Å². The number of hydrogen-bond donors (Lipinski definition) is 1. The normalized spacial score (nSPS) is 10.3. The number of methoxy groups -OCH3 is 1. The van der Waals surface area contributed by atoms with Gasteiger partial charge in [-0.1, -0.05) is 22.0 Å². The van der Waals surface area contributed by atoms with Crippen LogP contribution in [0.1, 0.15) is 15.9 Å². The van der Waals surface area contributed by atoms with Crippen molar-refractivity contribution in [3.8, 4) is 5.75 Å². The second-order valence-electron chi connectivity index (χ2n) is 4.29. The van der Waals surface area contributed by atoms with E-state index in [2.05, 4.69) is 15.9 Å². The van der Waals surface area contributed by atoms with Crippen molar-refractivity contribution in [2.45, 2.75) is 6.42 Å². The maximum absolute atomic E-state index is 13.0. The zero-order valence-electron chi connectivity index (χ0n) is 10.8. The largest absolute Gasteiger partial charge is 0.497 e. The molecule has 0 radical (unpaired) electrons. The molecule has 0 fully saturated rings. The van der Waals surface area contributed by atoms with E-state index in [1.165, 1.54) is 19.2 Å². The van der Waals surface area contributed by atoms with Crippen molar-refractivity contribution in [3.05, 3.63) is 57.8 Å². The van der Waals surface area contributed by atoms with Crippen LogP contribution in [0.15, 0.2) is 40.9 Å². The second kappa shape index (κ2) is 6.05. The summed E-state index contributed by atoms with van der Waals surface area (Å²) in [4.78, 5) is 12.2. The first-order chi connectivity index (χ1) is 9.51. The lowest BCUT2D eigenvalue weighted by Gasteiger charge is -2.08. The van der Waals surface area contributed by atoms with E-state index in [0.717, 1.165) is 0 Å². The van der Waals surface area contributed by atoms with Gasteiger partial charge in [0.2, 0.25) is 0 Å². The molecule has 2 aromatic carbocycles. The molecule has 5 heteroatoms. The molecule has 0 aliphatic carbocycles. The van der Waals surface area contributed by atoms with Gasteiger partial charge in [0.15, 0.2) is 5.78 Å². The molecular weight excluding hydrogens is 325 g/mol. The van der Waals surface area contributed by atoms with Crippen molar-refractivity contribution >= 4 is 27.4 Å². The van der Waals surface area contributed by atoms with Crippen LogP contribution in [0.3, 0.4) is 0 Å². The molecule has 20 heavy (non-hydrogen) atoms. The molecule has 0 bridgehead atoms. The molecule has 0 heterocycles. The minimum absolute atomic E-state index is 0.127. The molecular formula is C15H13BrFNO2. The van der Waals surface area contributed by atoms with Gasteiger partial charge in [0.25, 0.3) is 0 Å². The number of carbonyl (C=O) groups excluding carboxylic acids is 1. The third-order valence-corrected chi connectivity index (χ3v) is 3.66. The molecule has 0 amide bonds. The van der Waals surface area contributed by atoms with Crippen molar-refractivity contribution in [2.24, 2.45) is 0 Å². The standard InChI is InChI=1S/C15H13BrFNO2/c1-20-11-4-5-12(14(18)8-11)15(19)6-9-2-3-10(17)7-13(9)16/h2-5,7-8H,6,18H2,1H3. The monoisotopic (exact) mass is 337 g/mol. The molecule has 2 N–H and O–H groups in total. The Balaban J connectivity index is 2.24. The summed E-state index contributed by atoms with van der Waals surface area (Å²) in [7, 11) is 1.53. The van der Waals surface area contributed by atoms with Gasteiger partial charge >= 0.3 is 0 Å². The summed E-state index contributed by atoms with van der Waals surface area (Å²) >= 11 is 3.25. The number of ether oxygens (including phenoxy) is 1. The van der Waals surface area contributed by atoms with Gasteiger partial charge in [-0.2, -0.15) is 0 Å². The molecule has 104 valence electrons. The van der Waals surface area contributed by atoms with E-state index in [9.17, 15) is 9.18 Å². The Morgan fingerprint density at radius 1 is 1.30 bits per heavy atom. The van der Waals surface area contributed by atoms with Crippen LogP contribution in [0.4, 0.5) is 10.1 Å². The molecule has 0 atom stereocenters. The van der Waals surface area contributed by atoms with Crippen LogP contribution < -0.4 is 10.5 Å². The van der Waals surface area contributed by atoms with Gasteiger partial charge in [0.1, 0.15) is 11.6 Å². The highest BCUT2D eigenvalue weighted by atomic mass is 79.9. The van der Waals surface area contributed by atoms with Gasteiger partial charge in [0, 0.05) is 28.2 Å². The molecule has 2 rings (SSSR count). The Morgan fingerprint density at radius 2 is 2.05 bits per heavy atom. The molecule has 2 aromatic rings. The smallest absolute Gasteiger partial charge is 0.169 e. The number of benzene rings is 2. The number of halogens is 2. The van der Waals surface area contributed by atoms with E-state index >= 15 is 0 Å². The fraction of sp³-hybridized carbons (Fsp3) is 0.133. The Labute approximate surface area is 124 Å². The molecule has 0 spiro atoms. The average molecular weight is 338 g/mol. The Kier molecular flexibility index (Phi) is 4.39. The first-order valence-electron chi connectivity index (χ1n) is 5.92. The summed E-state index contributed by atoms with van der Waals surface area (Å²) in [6.45, 7) is 0. The number of carbonyl (C=O) groups is 1. The van der Waals surface area contributed by atoms with Gasteiger partial charge < -0.3 is 10.5 Å². The molecule has 0 aromatic heterocycles. The summed E-state index contributed by atoms with van der Waals surface area (Å²) < 4.78 is 18.6. The van der Waals surface area contributed by atoms with Gasteiger partial charge in [-0.25, -0.2) is 4.39 Å². The summed E-state index contributed by atoms with van der Waals surface area (Å²) in [5, 5.41) is 0. The lowest BCUT2D eigenvalue weighted by molar-refractivity contribution is 0.0993. The van der Waals surface area contributed by atoms with Gasteiger partial charge in [-0.15, -0.1) is 0 Å². The Morgan fingerprint density at radius 3 is 2.65 bits per heavy atom. The lowest BCUT2D eigenvalue weighted by atomic mass is 10.0. The van der Waals surface area contributed by atoms with Gasteiger partial charge in [-0.3, -0.25) is 4.79 Å². The number of ketones is 1. The number of rotatable bonds is 4. The third kappa shape index (κ3) is 3.17. The predicted octanol–water partition coefficient (Wildman–Crippen LogP) is 3.60. The second-order valence-corrected chi connectivity index (χ2v) is 5.14. The minimum Gasteiger partial charge on any atom is -0.497 e. The van der Waals surface area contributed by atoms with Crippen molar-refractivity contribution in [1.82, 2.24) is 0 Å². The van der Waals surface area contributed by atoms with Crippen molar-refractivity contribution in [3.63, 3.8) is 0 Å². The molecule has 0 saturated heterocycles. The van der Waals surface area contributed by atoms with Crippen molar-refractivity contribution in [1.29, 1.82) is 0 Å². The Bertz CT molecular complexity index is 658. The fourth-order valence-electron chi connectivity index (χ4n) is 1.85. The van der Waals surface area contributed by atoms with E-state index < -0.39 is 0 Å². The third-order valence-electron chi connectivity index (χ3n) is 2.93. The van der Waals surface area contributed by atoms with Crippen LogP contribution >= 0.6 is 15.9 Å². The SMILES string of the molecule is COc1ccc(C(=O)Cc2ccc(F)cc2Br)c(N)c1. The van der Waals surface area contributed by atoms with Crippen LogP contribution in [0.5, 0.6) is 5.75 Å². The molecule has 3 nitrogen and oxygen atoms in total. The summed E-state index contributed by atoms with van der Waals surface area (Å²) in [5.41, 5.74) is 7.36. The highest BCUT2D eigenvalue weighted by Crippen LogP contribution is 2.24. The summed E-state index contributed by atoms with van der Waals surface area (Å²) in [6, 6.07) is 9.16. The first-order valence-corrected chi connectivity index (χ1v) is 6.71. The van der Waals surface area contributed by atoms with E-state index in [-0.39, 0.29) is 18.0 Å². The van der Waals surface area contributed by atoms with E-state index in [1.807, 2.05) is 0 Å². The Hall–Kier alpha value is -1.88. The topological polar surface area (TPSA) is 52.3 Å². The lowest BCUT2D eigenvalue weighted by Crippen LogP contribution is -2.07. The number of nitrogen functional groups attached to an aromatic ring is 1. The molecule has 0 saturated carbocycles. The number of nitrogens with two attached hydrogens (primary N) is 1. The zero-order valence-corrected chi connectivity index (χ0v) is 12.4. The van der Waals surface area contributed by atoms with Gasteiger partial charge in [-0.05, 0) is 29.8 Å².